The summed E-state index contributed by atoms with van der Waals surface area (Å²) in [5.74, 6) is 1.47. The third-order valence-corrected chi connectivity index (χ3v) is 6.25. The average Bonchev–Trinajstić information content (AvgIpc) is 3.25. The highest BCUT2D eigenvalue weighted by molar-refractivity contribution is 7.94. The van der Waals surface area contributed by atoms with Crippen LogP contribution in [0.1, 0.15) is 17.6 Å². The van der Waals surface area contributed by atoms with Gasteiger partial charge in [-0.05, 0) is 42.8 Å². The molecule has 0 saturated carbocycles. The Bertz CT molecular complexity index is 887. The zero-order valence-electron chi connectivity index (χ0n) is 12.9. The van der Waals surface area contributed by atoms with Crippen LogP contribution in [0.4, 0.5) is 11.6 Å². The molecule has 3 rings (SSSR count). The quantitative estimate of drug-likeness (QED) is 0.668. The first kappa shape index (κ1) is 16.5. The Kier molecular flexibility index (Phi) is 4.81. The fourth-order valence-electron chi connectivity index (χ4n) is 1.95. The van der Waals surface area contributed by atoms with E-state index in [9.17, 15) is 8.42 Å². The number of hydrogen-bond acceptors (Lipinski definition) is 7. The maximum absolute atomic E-state index is 12.3. The minimum Gasteiger partial charge on any atom is -0.467 e. The van der Waals surface area contributed by atoms with Crippen LogP contribution in [0, 0.1) is 0 Å². The van der Waals surface area contributed by atoms with Gasteiger partial charge in [0.25, 0.3) is 10.0 Å². The molecule has 0 aliphatic rings. The molecule has 0 unspecified atom stereocenters. The van der Waals surface area contributed by atoms with Crippen molar-refractivity contribution in [2.75, 3.05) is 10.0 Å². The first-order chi connectivity index (χ1) is 11.6. The third kappa shape index (κ3) is 3.92. The highest BCUT2D eigenvalue weighted by Gasteiger charge is 2.17. The molecule has 0 aliphatic carbocycles. The number of anilines is 2. The molecule has 24 heavy (non-hydrogen) atoms. The number of nitrogens with one attached hydrogen (secondary N) is 2. The van der Waals surface area contributed by atoms with E-state index in [1.54, 1.807) is 30.5 Å². The van der Waals surface area contributed by atoms with E-state index in [0.717, 1.165) is 17.1 Å². The van der Waals surface area contributed by atoms with Crippen LogP contribution in [-0.4, -0.2) is 18.6 Å². The van der Waals surface area contributed by atoms with Crippen LogP contribution in [0.15, 0.2) is 51.3 Å². The van der Waals surface area contributed by atoms with Crippen molar-refractivity contribution in [3.63, 3.8) is 0 Å². The molecule has 0 radical (unpaired) electrons. The number of furan rings is 1. The van der Waals surface area contributed by atoms with E-state index in [1.807, 2.05) is 19.1 Å². The number of sulfonamides is 1. The molecule has 2 N–H and O–H groups in total. The Morgan fingerprint density at radius 3 is 2.54 bits per heavy atom. The first-order valence-corrected chi connectivity index (χ1v) is 9.58. The summed E-state index contributed by atoms with van der Waals surface area (Å²) in [4.78, 5) is 1.01. The summed E-state index contributed by atoms with van der Waals surface area (Å²) in [6, 6.07) is 10.3. The zero-order valence-corrected chi connectivity index (χ0v) is 14.5. The van der Waals surface area contributed by atoms with Crippen molar-refractivity contribution >= 4 is 33.0 Å². The monoisotopic (exact) mass is 364 g/mol. The summed E-state index contributed by atoms with van der Waals surface area (Å²) in [5.41, 5.74) is 0. The minimum absolute atomic E-state index is 0.171. The van der Waals surface area contributed by atoms with Crippen molar-refractivity contribution in [1.29, 1.82) is 0 Å². The van der Waals surface area contributed by atoms with Gasteiger partial charge in [0.05, 0.1) is 12.8 Å². The Hall–Kier alpha value is -2.39. The fourth-order valence-corrected chi connectivity index (χ4v) is 4.24. The number of aryl methyl sites for hydroxylation is 1. The standard InChI is InChI=1S/C15H16N4O3S2/c1-2-12-5-8-15(23-12)24(20,21)19-14-7-6-13(17-18-14)16-10-11-4-3-9-22-11/h3-9H,2,10H2,1H3,(H,16,17)(H,18,19). The van der Waals surface area contributed by atoms with E-state index in [-0.39, 0.29) is 10.0 Å². The van der Waals surface area contributed by atoms with Crippen molar-refractivity contribution in [2.45, 2.75) is 24.1 Å². The second-order valence-electron chi connectivity index (χ2n) is 4.92. The van der Waals surface area contributed by atoms with Crippen molar-refractivity contribution in [2.24, 2.45) is 0 Å². The van der Waals surface area contributed by atoms with Crippen LogP contribution in [0.2, 0.25) is 0 Å². The summed E-state index contributed by atoms with van der Waals surface area (Å²) >= 11 is 1.25. The normalized spacial score (nSPS) is 11.4. The molecule has 0 amide bonds. The molecule has 3 heterocycles. The van der Waals surface area contributed by atoms with E-state index in [2.05, 4.69) is 20.2 Å². The molecule has 7 nitrogen and oxygen atoms in total. The van der Waals surface area contributed by atoms with E-state index < -0.39 is 10.0 Å². The van der Waals surface area contributed by atoms with Crippen LogP contribution in [0.5, 0.6) is 0 Å². The lowest BCUT2D eigenvalue weighted by atomic mass is 10.4. The summed E-state index contributed by atoms with van der Waals surface area (Å²) in [6.45, 7) is 2.46. The lowest BCUT2D eigenvalue weighted by molar-refractivity contribution is 0.517. The molecule has 3 aromatic rings. The van der Waals surface area contributed by atoms with Gasteiger partial charge >= 0.3 is 0 Å². The molecule has 9 heteroatoms. The zero-order chi connectivity index (χ0) is 17.0. The van der Waals surface area contributed by atoms with Crippen molar-refractivity contribution in [3.05, 3.63) is 53.3 Å². The number of aromatic nitrogens is 2. The smallest absolute Gasteiger partial charge is 0.272 e. The van der Waals surface area contributed by atoms with E-state index >= 15 is 0 Å². The van der Waals surface area contributed by atoms with Crippen molar-refractivity contribution < 1.29 is 12.8 Å². The van der Waals surface area contributed by atoms with Gasteiger partial charge in [0.2, 0.25) is 0 Å². The topological polar surface area (TPSA) is 97.1 Å². The lowest BCUT2D eigenvalue weighted by Gasteiger charge is -2.06. The Morgan fingerprint density at radius 2 is 1.92 bits per heavy atom. The third-order valence-electron chi connectivity index (χ3n) is 3.18. The molecule has 0 spiro atoms. The van der Waals surface area contributed by atoms with Gasteiger partial charge in [-0.25, -0.2) is 8.42 Å². The van der Waals surface area contributed by atoms with Gasteiger partial charge in [-0.1, -0.05) is 6.92 Å². The Morgan fingerprint density at radius 1 is 1.12 bits per heavy atom. The van der Waals surface area contributed by atoms with Crippen LogP contribution in [-0.2, 0) is 23.0 Å². The van der Waals surface area contributed by atoms with Gasteiger partial charge in [0.1, 0.15) is 15.8 Å². The van der Waals surface area contributed by atoms with Crippen LogP contribution in [0.3, 0.4) is 0 Å². The van der Waals surface area contributed by atoms with Gasteiger partial charge in [0.15, 0.2) is 5.82 Å². The maximum atomic E-state index is 12.3. The highest BCUT2D eigenvalue weighted by Crippen LogP contribution is 2.23. The molecular formula is C15H16N4O3S2. The first-order valence-electron chi connectivity index (χ1n) is 7.28. The largest absolute Gasteiger partial charge is 0.467 e. The second-order valence-corrected chi connectivity index (χ2v) is 7.99. The van der Waals surface area contributed by atoms with Gasteiger partial charge < -0.3 is 9.73 Å². The summed E-state index contributed by atoms with van der Waals surface area (Å²) < 4.78 is 32.5. The van der Waals surface area contributed by atoms with E-state index in [0.29, 0.717) is 12.4 Å². The fraction of sp³-hybridized carbons (Fsp3) is 0.200. The van der Waals surface area contributed by atoms with Gasteiger partial charge in [0, 0.05) is 4.88 Å². The lowest BCUT2D eigenvalue weighted by Crippen LogP contribution is -2.13. The second kappa shape index (κ2) is 7.02. The number of nitrogens with zero attached hydrogens (tertiary/aromatic N) is 2. The molecular weight excluding hydrogens is 348 g/mol. The molecule has 0 atom stereocenters. The summed E-state index contributed by atoms with van der Waals surface area (Å²) in [6.07, 6.45) is 2.39. The predicted octanol–water partition coefficient (Wildman–Crippen LogP) is 3.11. The maximum Gasteiger partial charge on any atom is 0.272 e. The van der Waals surface area contributed by atoms with Crippen LogP contribution >= 0.6 is 11.3 Å². The molecule has 0 fully saturated rings. The van der Waals surface area contributed by atoms with E-state index in [4.69, 9.17) is 4.42 Å². The number of hydrogen-bond donors (Lipinski definition) is 2. The molecule has 0 aromatic carbocycles. The van der Waals surface area contributed by atoms with Gasteiger partial charge in [-0.15, -0.1) is 21.5 Å². The van der Waals surface area contributed by atoms with Crippen molar-refractivity contribution in [1.82, 2.24) is 10.2 Å². The van der Waals surface area contributed by atoms with Gasteiger partial charge in [-0.3, -0.25) is 4.72 Å². The molecule has 0 saturated heterocycles. The van der Waals surface area contributed by atoms with Crippen LogP contribution in [0.25, 0.3) is 0 Å². The minimum atomic E-state index is -3.63. The average molecular weight is 364 g/mol. The molecule has 126 valence electrons. The van der Waals surface area contributed by atoms with Crippen molar-refractivity contribution in [3.8, 4) is 0 Å². The highest BCUT2D eigenvalue weighted by atomic mass is 32.2. The Balaban J connectivity index is 1.64. The Labute approximate surface area is 143 Å². The van der Waals surface area contributed by atoms with Crippen LogP contribution < -0.4 is 10.0 Å². The SMILES string of the molecule is CCc1ccc(S(=O)(=O)Nc2ccc(NCc3ccco3)nn2)s1. The molecule has 0 bridgehead atoms. The summed E-state index contributed by atoms with van der Waals surface area (Å²) in [5, 5.41) is 10.9. The summed E-state index contributed by atoms with van der Waals surface area (Å²) in [7, 11) is -3.63. The number of rotatable bonds is 7. The predicted molar refractivity (Wildman–Crippen MR) is 92.6 cm³/mol. The number of thiophene rings is 1. The molecule has 0 aliphatic heterocycles. The van der Waals surface area contributed by atoms with Gasteiger partial charge in [-0.2, -0.15) is 0 Å². The van der Waals surface area contributed by atoms with E-state index in [1.165, 1.54) is 11.3 Å². The molecule has 3 aromatic heterocycles.